The molecule has 2 aliphatic carbocycles. The fourth-order valence-corrected chi connectivity index (χ4v) is 3.78. The molecular weight excluding hydrogens is 348 g/mol. The van der Waals surface area contributed by atoms with Crippen LogP contribution in [0, 0.1) is 24.7 Å². The van der Waals surface area contributed by atoms with Gasteiger partial charge in [0.1, 0.15) is 11.6 Å². The second-order valence-corrected chi connectivity index (χ2v) is 8.65. The predicted octanol–water partition coefficient (Wildman–Crippen LogP) is 4.34. The number of fused-ring (bicyclic) bond motifs is 1. The molecule has 2 aliphatic rings. The number of carbonyl (C=O) groups excluding carboxylic acids is 1. The molecule has 0 bridgehead atoms. The first kappa shape index (κ1) is 20.6. The number of hydrogen-bond acceptors (Lipinski definition) is 4. The Morgan fingerprint density at radius 2 is 1.75 bits per heavy atom. The molecule has 0 atom stereocenters. The van der Waals surface area contributed by atoms with Crippen molar-refractivity contribution >= 4 is 22.6 Å². The highest BCUT2D eigenvalue weighted by atomic mass is 16.2. The van der Waals surface area contributed by atoms with Gasteiger partial charge in [-0.1, -0.05) is 31.9 Å². The number of nitrogens with one attached hydrogen (secondary N) is 1. The summed E-state index contributed by atoms with van der Waals surface area (Å²) < 4.78 is 0. The van der Waals surface area contributed by atoms with Gasteiger partial charge in [-0.05, 0) is 56.6 Å². The number of benzene rings is 1. The van der Waals surface area contributed by atoms with E-state index in [1.165, 1.54) is 25.7 Å². The summed E-state index contributed by atoms with van der Waals surface area (Å²) in [5.74, 6) is 4.14. The number of rotatable bonds is 4. The van der Waals surface area contributed by atoms with Crippen molar-refractivity contribution in [3.8, 4) is 0 Å². The molecular formula is C23H34N4O. The number of amides is 1. The molecule has 2 aromatic rings. The van der Waals surface area contributed by atoms with E-state index in [0.717, 1.165) is 53.8 Å². The lowest BCUT2D eigenvalue weighted by molar-refractivity contribution is -0.122. The van der Waals surface area contributed by atoms with Gasteiger partial charge in [0.2, 0.25) is 5.91 Å². The van der Waals surface area contributed by atoms with Crippen molar-refractivity contribution in [3.05, 3.63) is 30.1 Å². The second kappa shape index (κ2) is 9.35. The van der Waals surface area contributed by atoms with E-state index in [1.54, 1.807) is 0 Å². The van der Waals surface area contributed by atoms with Crippen LogP contribution in [-0.2, 0) is 4.79 Å². The molecule has 28 heavy (non-hydrogen) atoms. The zero-order valence-corrected chi connectivity index (χ0v) is 17.7. The summed E-state index contributed by atoms with van der Waals surface area (Å²) in [6.07, 6.45) is 7.56. The van der Waals surface area contributed by atoms with Gasteiger partial charge in [0.05, 0.1) is 5.52 Å². The molecule has 0 radical (unpaired) electrons. The predicted molar refractivity (Wildman–Crippen MR) is 115 cm³/mol. The number of nitrogens with zero attached hydrogens (tertiary/aromatic N) is 3. The summed E-state index contributed by atoms with van der Waals surface area (Å²) >= 11 is 0. The lowest BCUT2D eigenvalue weighted by Gasteiger charge is -2.26. The van der Waals surface area contributed by atoms with Crippen LogP contribution in [0.1, 0.15) is 51.3 Å². The molecule has 0 aliphatic heterocycles. The van der Waals surface area contributed by atoms with Crippen LogP contribution < -0.4 is 10.2 Å². The minimum Gasteiger partial charge on any atom is -0.362 e. The first-order valence-corrected chi connectivity index (χ1v) is 10.6. The van der Waals surface area contributed by atoms with Crippen LogP contribution in [0.4, 0.5) is 5.82 Å². The van der Waals surface area contributed by atoms with Crippen molar-refractivity contribution in [1.29, 1.82) is 0 Å². The number of anilines is 1. The highest BCUT2D eigenvalue weighted by Crippen LogP contribution is 2.30. The third-order valence-electron chi connectivity index (χ3n) is 5.77. The Kier molecular flexibility index (Phi) is 6.87. The minimum absolute atomic E-state index is 0.309. The van der Waals surface area contributed by atoms with Gasteiger partial charge >= 0.3 is 0 Å². The Hall–Kier alpha value is -2.17. The van der Waals surface area contributed by atoms with E-state index in [4.69, 9.17) is 0 Å². The van der Waals surface area contributed by atoms with E-state index in [-0.39, 0.29) is 0 Å². The molecule has 5 heteroatoms. The van der Waals surface area contributed by atoms with E-state index < -0.39 is 0 Å². The Bertz CT molecular complexity index is 792. The molecule has 1 N–H and O–H groups in total. The lowest BCUT2D eigenvalue weighted by Crippen LogP contribution is -2.31. The highest BCUT2D eigenvalue weighted by molar-refractivity contribution is 5.89. The molecule has 1 aromatic heterocycles. The quantitative estimate of drug-likeness (QED) is 0.854. The number of carbonyl (C=O) groups is 1. The van der Waals surface area contributed by atoms with Gasteiger partial charge in [-0.3, -0.25) is 4.79 Å². The number of aryl methyl sites for hydroxylation is 1. The maximum Gasteiger partial charge on any atom is 0.223 e. The van der Waals surface area contributed by atoms with Crippen LogP contribution in [-0.4, -0.2) is 36.5 Å². The summed E-state index contributed by atoms with van der Waals surface area (Å²) in [7, 11) is 3.99. The monoisotopic (exact) mass is 382 g/mol. The van der Waals surface area contributed by atoms with Crippen molar-refractivity contribution in [2.75, 3.05) is 25.5 Å². The molecule has 2 fully saturated rings. The molecule has 1 aromatic carbocycles. The molecule has 5 nitrogen and oxygen atoms in total. The summed E-state index contributed by atoms with van der Waals surface area (Å²) in [6.45, 7) is 5.18. The van der Waals surface area contributed by atoms with Gasteiger partial charge in [0.15, 0.2) is 0 Å². The maximum absolute atomic E-state index is 11.4. The minimum atomic E-state index is 0.309. The second-order valence-electron chi connectivity index (χ2n) is 8.65. The van der Waals surface area contributed by atoms with Gasteiger partial charge in [-0.15, -0.1) is 0 Å². The Balaban J connectivity index is 0.000000161. The molecule has 0 unspecified atom stereocenters. The molecule has 152 valence electrons. The van der Waals surface area contributed by atoms with Crippen LogP contribution >= 0.6 is 0 Å². The highest BCUT2D eigenvalue weighted by Gasteiger charge is 2.30. The van der Waals surface area contributed by atoms with E-state index in [9.17, 15) is 4.79 Å². The van der Waals surface area contributed by atoms with Crippen LogP contribution in [0.2, 0.25) is 0 Å². The largest absolute Gasteiger partial charge is 0.362 e. The van der Waals surface area contributed by atoms with E-state index in [0.29, 0.717) is 11.8 Å². The van der Waals surface area contributed by atoms with Gasteiger partial charge in [-0.25, -0.2) is 9.97 Å². The van der Waals surface area contributed by atoms with Gasteiger partial charge in [0, 0.05) is 31.9 Å². The molecule has 2 saturated carbocycles. The van der Waals surface area contributed by atoms with Crippen molar-refractivity contribution in [2.24, 2.45) is 17.8 Å². The molecule has 1 amide bonds. The number of hydrogen-bond donors (Lipinski definition) is 1. The zero-order chi connectivity index (χ0) is 20.1. The fourth-order valence-electron chi connectivity index (χ4n) is 3.78. The van der Waals surface area contributed by atoms with Crippen LogP contribution in [0.15, 0.2) is 24.3 Å². The van der Waals surface area contributed by atoms with Crippen LogP contribution in [0.25, 0.3) is 10.9 Å². The summed E-state index contributed by atoms with van der Waals surface area (Å²) in [5, 5.41) is 4.19. The van der Waals surface area contributed by atoms with Crippen molar-refractivity contribution in [3.63, 3.8) is 0 Å². The van der Waals surface area contributed by atoms with Crippen molar-refractivity contribution in [2.45, 2.75) is 52.4 Å². The SMILES string of the molecule is CC1CCC(CNC(=O)C2CC2)CC1.Cc1nc(N(C)C)c2ccccc2n1. The fraction of sp³-hybridized carbons (Fsp3) is 0.609. The first-order chi connectivity index (χ1) is 13.4. The normalized spacial score (nSPS) is 21.6. The third-order valence-corrected chi connectivity index (χ3v) is 5.77. The van der Waals surface area contributed by atoms with E-state index in [2.05, 4.69) is 22.2 Å². The van der Waals surface area contributed by atoms with Gasteiger partial charge in [-0.2, -0.15) is 0 Å². The zero-order valence-electron chi connectivity index (χ0n) is 17.7. The lowest BCUT2D eigenvalue weighted by atomic mass is 9.83. The average molecular weight is 383 g/mol. The molecule has 1 heterocycles. The Morgan fingerprint density at radius 1 is 1.07 bits per heavy atom. The topological polar surface area (TPSA) is 58.1 Å². The Labute approximate surface area is 168 Å². The summed E-state index contributed by atoms with van der Waals surface area (Å²) in [6, 6.07) is 8.06. The number of para-hydroxylation sites is 1. The third kappa shape index (κ3) is 5.66. The Morgan fingerprint density at radius 3 is 2.39 bits per heavy atom. The standard InChI is InChI=1S/C12H21NO.C11H13N3/c1-9-2-4-10(5-3-9)8-13-12(14)11-6-7-11;1-8-12-10-7-5-4-6-9(10)11(13-8)14(2)3/h9-11H,2-8H2,1H3,(H,13,14);4-7H,1-3H3. The van der Waals surface area contributed by atoms with Crippen LogP contribution in [0.3, 0.4) is 0 Å². The smallest absolute Gasteiger partial charge is 0.223 e. The summed E-state index contributed by atoms with van der Waals surface area (Å²) in [5.41, 5.74) is 1.00. The number of aromatic nitrogens is 2. The molecule has 0 spiro atoms. The van der Waals surface area contributed by atoms with Crippen molar-refractivity contribution in [1.82, 2.24) is 15.3 Å². The van der Waals surface area contributed by atoms with Gasteiger partial charge < -0.3 is 10.2 Å². The summed E-state index contributed by atoms with van der Waals surface area (Å²) in [4.78, 5) is 22.2. The molecule has 4 rings (SSSR count). The van der Waals surface area contributed by atoms with Crippen molar-refractivity contribution < 1.29 is 4.79 Å². The average Bonchev–Trinajstić information content (AvgIpc) is 3.52. The molecule has 0 saturated heterocycles. The van der Waals surface area contributed by atoms with Gasteiger partial charge in [0.25, 0.3) is 0 Å². The van der Waals surface area contributed by atoms with E-state index in [1.807, 2.05) is 50.2 Å². The first-order valence-electron chi connectivity index (χ1n) is 10.6. The maximum atomic E-state index is 11.4. The van der Waals surface area contributed by atoms with Crippen LogP contribution in [0.5, 0.6) is 0 Å². The van der Waals surface area contributed by atoms with E-state index >= 15 is 0 Å².